The highest BCUT2D eigenvalue weighted by atomic mass is 16.5. The van der Waals surface area contributed by atoms with Crippen molar-refractivity contribution >= 4 is 11.9 Å². The molecule has 0 aliphatic rings. The SMILES string of the molecule is C=CCCCn1c(=O)n(CCOC(=O)C=C)c(=O)n(CCOC(=O)C=C)c1=O. The molecule has 0 saturated carbocycles. The van der Waals surface area contributed by atoms with Gasteiger partial charge in [0.25, 0.3) is 0 Å². The quantitative estimate of drug-likeness (QED) is 0.205. The molecule has 10 heteroatoms. The molecule has 0 amide bonds. The minimum absolute atomic E-state index is 0.0723. The van der Waals surface area contributed by atoms with Gasteiger partial charge in [0.05, 0.1) is 13.1 Å². The number of hydrogen-bond donors (Lipinski definition) is 0. The predicted octanol–water partition coefficient (Wildman–Crippen LogP) is -0.404. The number of carbonyl (C=O) groups excluding carboxylic acids is 2. The lowest BCUT2D eigenvalue weighted by Gasteiger charge is -2.14. The third-order valence-corrected chi connectivity index (χ3v) is 3.63. The maximum atomic E-state index is 12.6. The van der Waals surface area contributed by atoms with Crippen LogP contribution in [0.4, 0.5) is 0 Å². The van der Waals surface area contributed by atoms with Gasteiger partial charge in [0.15, 0.2) is 0 Å². The number of carbonyl (C=O) groups is 2. The molecule has 0 aliphatic heterocycles. The Labute approximate surface area is 160 Å². The number of aromatic nitrogens is 3. The van der Waals surface area contributed by atoms with Gasteiger partial charge in [0.1, 0.15) is 13.2 Å². The molecule has 0 radical (unpaired) electrons. The average molecular weight is 393 g/mol. The number of rotatable bonds is 12. The van der Waals surface area contributed by atoms with E-state index in [1.165, 1.54) is 0 Å². The first-order valence-corrected chi connectivity index (χ1v) is 8.51. The van der Waals surface area contributed by atoms with Crippen molar-refractivity contribution in [3.63, 3.8) is 0 Å². The van der Waals surface area contributed by atoms with Gasteiger partial charge in [0, 0.05) is 18.7 Å². The molecule has 0 aliphatic carbocycles. The Morgan fingerprint density at radius 2 is 1.14 bits per heavy atom. The lowest BCUT2D eigenvalue weighted by atomic mass is 10.3. The van der Waals surface area contributed by atoms with Crippen molar-refractivity contribution in [1.29, 1.82) is 0 Å². The second-order valence-corrected chi connectivity index (χ2v) is 5.48. The number of ether oxygens (including phenoxy) is 2. The Hall–Kier alpha value is -3.43. The Bertz CT molecular complexity index is 856. The standard InChI is InChI=1S/C18H23N3O7/c1-4-7-8-9-19-16(24)20(10-12-27-14(22)5-2)18(26)21(17(19)25)11-13-28-15(23)6-3/h4-6H,1-3,7-13H2. The molecule has 0 aromatic carbocycles. The number of unbranched alkanes of at least 4 members (excludes halogenated alkanes) is 1. The molecule has 1 aromatic heterocycles. The van der Waals surface area contributed by atoms with Gasteiger partial charge in [-0.1, -0.05) is 19.2 Å². The van der Waals surface area contributed by atoms with Crippen LogP contribution in [0, 0.1) is 0 Å². The van der Waals surface area contributed by atoms with Gasteiger partial charge in [0.2, 0.25) is 0 Å². The molecule has 0 spiro atoms. The first-order valence-electron chi connectivity index (χ1n) is 8.51. The number of allylic oxidation sites excluding steroid dienone is 1. The van der Waals surface area contributed by atoms with E-state index < -0.39 is 29.0 Å². The van der Waals surface area contributed by atoms with Crippen LogP contribution in [0.25, 0.3) is 0 Å². The van der Waals surface area contributed by atoms with E-state index in [1.54, 1.807) is 6.08 Å². The third kappa shape index (κ3) is 6.08. The average Bonchev–Trinajstić information content (AvgIpc) is 2.69. The normalized spacial score (nSPS) is 10.1. The summed E-state index contributed by atoms with van der Waals surface area (Å²) in [6, 6.07) is 0. The molecule has 0 unspecified atom stereocenters. The van der Waals surface area contributed by atoms with Gasteiger partial charge in [-0.3, -0.25) is 0 Å². The molecule has 1 rings (SSSR count). The van der Waals surface area contributed by atoms with Crippen LogP contribution in [0.5, 0.6) is 0 Å². The summed E-state index contributed by atoms with van der Waals surface area (Å²) in [6.45, 7) is 9.15. The first-order chi connectivity index (χ1) is 13.4. The maximum Gasteiger partial charge on any atom is 0.336 e. The van der Waals surface area contributed by atoms with Gasteiger partial charge < -0.3 is 9.47 Å². The minimum Gasteiger partial charge on any atom is -0.461 e. The third-order valence-electron chi connectivity index (χ3n) is 3.63. The van der Waals surface area contributed by atoms with E-state index in [1.807, 2.05) is 0 Å². The smallest absolute Gasteiger partial charge is 0.336 e. The van der Waals surface area contributed by atoms with Gasteiger partial charge in [-0.2, -0.15) is 0 Å². The van der Waals surface area contributed by atoms with Crippen molar-refractivity contribution in [3.05, 3.63) is 69.4 Å². The lowest BCUT2D eigenvalue weighted by molar-refractivity contribution is -0.138. The van der Waals surface area contributed by atoms with Crippen LogP contribution in [0.15, 0.2) is 52.3 Å². The Morgan fingerprint density at radius 3 is 1.50 bits per heavy atom. The second kappa shape index (κ2) is 11.3. The van der Waals surface area contributed by atoms with Crippen LogP contribution >= 0.6 is 0 Å². The van der Waals surface area contributed by atoms with E-state index in [0.717, 1.165) is 25.9 Å². The molecule has 0 bridgehead atoms. The van der Waals surface area contributed by atoms with Crippen molar-refractivity contribution in [2.75, 3.05) is 13.2 Å². The van der Waals surface area contributed by atoms with Crippen LogP contribution < -0.4 is 17.1 Å². The van der Waals surface area contributed by atoms with Crippen molar-refractivity contribution in [2.45, 2.75) is 32.5 Å². The van der Waals surface area contributed by atoms with E-state index in [0.29, 0.717) is 12.8 Å². The number of nitrogens with zero attached hydrogens (tertiary/aromatic N) is 3. The summed E-state index contributed by atoms with van der Waals surface area (Å²) in [6.07, 6.45) is 4.58. The van der Waals surface area contributed by atoms with E-state index in [2.05, 4.69) is 19.7 Å². The zero-order chi connectivity index (χ0) is 21.1. The Balaban J connectivity index is 3.23. The summed E-state index contributed by atoms with van der Waals surface area (Å²) in [5.41, 5.74) is -2.51. The van der Waals surface area contributed by atoms with Crippen molar-refractivity contribution in [3.8, 4) is 0 Å². The topological polar surface area (TPSA) is 119 Å². The van der Waals surface area contributed by atoms with Crippen LogP contribution in [0.3, 0.4) is 0 Å². The highest BCUT2D eigenvalue weighted by Crippen LogP contribution is 1.91. The zero-order valence-corrected chi connectivity index (χ0v) is 15.5. The predicted molar refractivity (Wildman–Crippen MR) is 101 cm³/mol. The molecule has 0 fully saturated rings. The van der Waals surface area contributed by atoms with Gasteiger partial charge in [-0.25, -0.2) is 37.7 Å². The summed E-state index contributed by atoms with van der Waals surface area (Å²) >= 11 is 0. The van der Waals surface area contributed by atoms with Gasteiger partial charge in [-0.15, -0.1) is 6.58 Å². The molecular weight excluding hydrogens is 370 g/mol. The largest absolute Gasteiger partial charge is 0.461 e. The maximum absolute atomic E-state index is 12.6. The minimum atomic E-state index is -0.890. The van der Waals surface area contributed by atoms with Crippen LogP contribution in [-0.2, 0) is 38.7 Å². The number of esters is 2. The second-order valence-electron chi connectivity index (χ2n) is 5.48. The fourth-order valence-electron chi connectivity index (χ4n) is 2.24. The molecule has 0 N–H and O–H groups in total. The molecule has 1 heterocycles. The summed E-state index contributed by atoms with van der Waals surface area (Å²) in [5, 5.41) is 0. The van der Waals surface area contributed by atoms with Crippen molar-refractivity contribution in [2.24, 2.45) is 0 Å². The van der Waals surface area contributed by atoms with Crippen LogP contribution in [0.1, 0.15) is 12.8 Å². The molecule has 0 atom stereocenters. The zero-order valence-electron chi connectivity index (χ0n) is 15.5. The summed E-state index contributed by atoms with van der Waals surface area (Å²) in [7, 11) is 0. The van der Waals surface area contributed by atoms with E-state index >= 15 is 0 Å². The molecule has 10 nitrogen and oxygen atoms in total. The van der Waals surface area contributed by atoms with Crippen LogP contribution in [0.2, 0.25) is 0 Å². The van der Waals surface area contributed by atoms with Crippen molar-refractivity contribution in [1.82, 2.24) is 13.7 Å². The van der Waals surface area contributed by atoms with Crippen LogP contribution in [-0.4, -0.2) is 38.9 Å². The van der Waals surface area contributed by atoms with E-state index in [9.17, 15) is 24.0 Å². The molecule has 28 heavy (non-hydrogen) atoms. The first kappa shape index (κ1) is 22.6. The van der Waals surface area contributed by atoms with E-state index in [-0.39, 0.29) is 32.8 Å². The molecule has 1 aromatic rings. The highest BCUT2D eigenvalue weighted by Gasteiger charge is 2.16. The van der Waals surface area contributed by atoms with Gasteiger partial charge >= 0.3 is 29.0 Å². The molecule has 152 valence electrons. The van der Waals surface area contributed by atoms with Gasteiger partial charge in [-0.05, 0) is 12.8 Å². The number of hydrogen-bond acceptors (Lipinski definition) is 7. The monoisotopic (exact) mass is 393 g/mol. The lowest BCUT2D eigenvalue weighted by Crippen LogP contribution is -2.55. The summed E-state index contributed by atoms with van der Waals surface area (Å²) < 4.78 is 12.1. The summed E-state index contributed by atoms with van der Waals surface area (Å²) in [4.78, 5) is 59.9. The fourth-order valence-corrected chi connectivity index (χ4v) is 2.24. The fraction of sp³-hybridized carbons (Fsp3) is 0.389. The van der Waals surface area contributed by atoms with E-state index in [4.69, 9.17) is 9.47 Å². The Kier molecular flexibility index (Phi) is 9.14. The molecule has 0 saturated heterocycles. The summed E-state index contributed by atoms with van der Waals surface area (Å²) in [5.74, 6) is -1.41. The highest BCUT2D eigenvalue weighted by molar-refractivity contribution is 5.81. The molecular formula is C18H23N3O7. The van der Waals surface area contributed by atoms with Crippen molar-refractivity contribution < 1.29 is 19.1 Å². The Morgan fingerprint density at radius 1 is 0.750 bits per heavy atom.